The van der Waals surface area contributed by atoms with Gasteiger partial charge in [-0.1, -0.05) is 12.1 Å². The second kappa shape index (κ2) is 12.0. The molecule has 12 heteroatoms. The van der Waals surface area contributed by atoms with Crippen LogP contribution in [0.3, 0.4) is 0 Å². The van der Waals surface area contributed by atoms with E-state index in [2.05, 4.69) is 39.0 Å². The van der Waals surface area contributed by atoms with Crippen molar-refractivity contribution >= 4 is 32.8 Å². The van der Waals surface area contributed by atoms with Crippen molar-refractivity contribution in [3.05, 3.63) is 70.0 Å². The predicted octanol–water partition coefficient (Wildman–Crippen LogP) is 5.28. The number of fused-ring (bicyclic) bond motifs is 1. The second-order valence-electron chi connectivity index (χ2n) is 11.7. The molecule has 3 aromatic heterocycles. The van der Waals surface area contributed by atoms with Crippen molar-refractivity contribution < 1.29 is 12.8 Å². The van der Waals surface area contributed by atoms with Crippen LogP contribution in [0.2, 0.25) is 0 Å². The van der Waals surface area contributed by atoms with Crippen LogP contribution >= 0.6 is 0 Å². The van der Waals surface area contributed by atoms with Crippen LogP contribution < -0.4 is 15.6 Å². The molecule has 0 saturated heterocycles. The highest BCUT2D eigenvalue weighted by atomic mass is 32.2. The third-order valence-electron chi connectivity index (χ3n) is 8.11. The molecule has 1 fully saturated rings. The first kappa shape index (κ1) is 30.6. The zero-order chi connectivity index (χ0) is 31.1. The number of aromatic nitrogens is 4. The Labute approximate surface area is 251 Å². The van der Waals surface area contributed by atoms with Crippen molar-refractivity contribution in [2.75, 3.05) is 24.1 Å². The Hall–Kier alpha value is -3.90. The van der Waals surface area contributed by atoms with E-state index in [0.29, 0.717) is 39.8 Å². The molecule has 0 radical (unpaired) electrons. The number of aryl methyl sites for hydroxylation is 2. The fourth-order valence-electron chi connectivity index (χ4n) is 5.70. The van der Waals surface area contributed by atoms with Crippen LogP contribution in [-0.2, 0) is 10.0 Å². The number of hydrogen-bond acceptors (Lipinski definition) is 8. The Morgan fingerprint density at radius 1 is 1.02 bits per heavy atom. The van der Waals surface area contributed by atoms with Crippen molar-refractivity contribution in [3.8, 4) is 11.1 Å². The third kappa shape index (κ3) is 6.25. The van der Waals surface area contributed by atoms with Crippen molar-refractivity contribution in [1.82, 2.24) is 24.4 Å². The maximum atomic E-state index is 14.5. The van der Waals surface area contributed by atoms with Crippen LogP contribution in [0.4, 0.5) is 16.2 Å². The smallest absolute Gasteiger partial charge is 0.265 e. The number of benzene rings is 1. The van der Waals surface area contributed by atoms with E-state index in [4.69, 9.17) is 4.98 Å². The fourth-order valence-corrected chi connectivity index (χ4v) is 6.86. The number of nitrogens with zero attached hydrogens (tertiary/aromatic N) is 5. The van der Waals surface area contributed by atoms with Gasteiger partial charge in [-0.15, -0.1) is 0 Å². The summed E-state index contributed by atoms with van der Waals surface area (Å²) in [6.45, 7) is 7.04. The summed E-state index contributed by atoms with van der Waals surface area (Å²) in [6.07, 6.45) is 5.99. The molecular formula is C31H38FN7O3S. The molecule has 0 bridgehead atoms. The number of pyridine rings is 2. The molecule has 1 saturated carbocycles. The molecule has 1 aliphatic carbocycles. The van der Waals surface area contributed by atoms with E-state index in [-0.39, 0.29) is 29.0 Å². The van der Waals surface area contributed by atoms with Crippen molar-refractivity contribution in [2.45, 2.75) is 76.4 Å². The molecule has 0 aliphatic heterocycles. The van der Waals surface area contributed by atoms with Gasteiger partial charge in [0.25, 0.3) is 15.6 Å². The van der Waals surface area contributed by atoms with Gasteiger partial charge >= 0.3 is 0 Å². The molecule has 4 aromatic rings. The highest BCUT2D eigenvalue weighted by Crippen LogP contribution is 2.28. The molecular weight excluding hydrogens is 569 g/mol. The molecule has 5 rings (SSSR count). The Kier molecular flexibility index (Phi) is 8.53. The number of nitrogens with one attached hydrogen (secondary N) is 2. The van der Waals surface area contributed by atoms with Gasteiger partial charge in [0.15, 0.2) is 0 Å². The zero-order valence-corrected chi connectivity index (χ0v) is 26.2. The molecule has 2 N–H and O–H groups in total. The minimum absolute atomic E-state index is 0.0193. The molecule has 43 heavy (non-hydrogen) atoms. The summed E-state index contributed by atoms with van der Waals surface area (Å²) in [6, 6.07) is 9.71. The summed E-state index contributed by atoms with van der Waals surface area (Å²) in [7, 11) is 0.0199. The quantitative estimate of drug-likeness (QED) is 0.278. The average Bonchev–Trinajstić information content (AvgIpc) is 2.94. The molecule has 228 valence electrons. The summed E-state index contributed by atoms with van der Waals surface area (Å²) in [5.41, 5.74) is 1.91. The van der Waals surface area contributed by atoms with E-state index in [0.717, 1.165) is 25.7 Å². The lowest BCUT2D eigenvalue weighted by atomic mass is 9.91. The van der Waals surface area contributed by atoms with Crippen molar-refractivity contribution in [3.63, 3.8) is 0 Å². The van der Waals surface area contributed by atoms with Gasteiger partial charge < -0.3 is 10.2 Å². The second-order valence-corrected chi connectivity index (χ2v) is 13.4. The van der Waals surface area contributed by atoms with Gasteiger partial charge in [-0.25, -0.2) is 22.8 Å². The fraction of sp³-hybridized carbons (Fsp3) is 0.419. The van der Waals surface area contributed by atoms with Crippen LogP contribution in [0, 0.1) is 19.7 Å². The maximum Gasteiger partial charge on any atom is 0.265 e. The first-order valence-electron chi connectivity index (χ1n) is 14.5. The van der Waals surface area contributed by atoms with E-state index in [1.807, 2.05) is 13.8 Å². The van der Waals surface area contributed by atoms with Crippen LogP contribution in [0.5, 0.6) is 0 Å². The van der Waals surface area contributed by atoms with Gasteiger partial charge in [0, 0.05) is 46.5 Å². The predicted molar refractivity (Wildman–Crippen MR) is 167 cm³/mol. The Bertz CT molecular complexity index is 1830. The van der Waals surface area contributed by atoms with Gasteiger partial charge in [0.1, 0.15) is 22.2 Å². The van der Waals surface area contributed by atoms with Crippen LogP contribution in [-0.4, -0.2) is 59.0 Å². The van der Waals surface area contributed by atoms with Gasteiger partial charge in [-0.2, -0.15) is 4.98 Å². The maximum absolute atomic E-state index is 14.5. The average molecular weight is 608 g/mol. The summed E-state index contributed by atoms with van der Waals surface area (Å²) >= 11 is 0. The number of halogens is 1. The van der Waals surface area contributed by atoms with Gasteiger partial charge in [-0.3, -0.25) is 14.1 Å². The van der Waals surface area contributed by atoms with Crippen molar-refractivity contribution in [1.29, 1.82) is 0 Å². The summed E-state index contributed by atoms with van der Waals surface area (Å²) in [5, 5.41) is 4.17. The zero-order valence-electron chi connectivity index (χ0n) is 25.3. The van der Waals surface area contributed by atoms with E-state index < -0.39 is 20.7 Å². The normalized spacial score (nSPS) is 17.5. The monoisotopic (exact) mass is 607 g/mol. The molecule has 0 atom stereocenters. The van der Waals surface area contributed by atoms with E-state index in [1.54, 1.807) is 29.8 Å². The van der Waals surface area contributed by atoms with E-state index in [1.165, 1.54) is 31.2 Å². The summed E-state index contributed by atoms with van der Waals surface area (Å²) in [4.78, 5) is 29.4. The Morgan fingerprint density at radius 2 is 1.74 bits per heavy atom. The largest absolute Gasteiger partial charge is 0.351 e. The first-order valence-corrected chi connectivity index (χ1v) is 15.9. The molecule has 1 aromatic carbocycles. The molecule has 10 nitrogen and oxygen atoms in total. The molecule has 3 heterocycles. The first-order chi connectivity index (χ1) is 20.4. The lowest BCUT2D eigenvalue weighted by molar-refractivity contribution is 0.221. The van der Waals surface area contributed by atoms with Crippen LogP contribution in [0.25, 0.3) is 22.2 Å². The molecule has 0 unspecified atom stereocenters. The van der Waals surface area contributed by atoms with Crippen molar-refractivity contribution in [2.24, 2.45) is 0 Å². The van der Waals surface area contributed by atoms with Gasteiger partial charge in [-0.05, 0) is 97.3 Å². The molecule has 1 aliphatic rings. The highest BCUT2D eigenvalue weighted by Gasteiger charge is 2.24. The lowest BCUT2D eigenvalue weighted by Crippen LogP contribution is -2.36. The topological polar surface area (TPSA) is 122 Å². The summed E-state index contributed by atoms with van der Waals surface area (Å²) in [5.74, 6) is -0.293. The number of sulfonamides is 1. The third-order valence-corrected chi connectivity index (χ3v) is 9.48. The minimum atomic E-state index is -4.22. The van der Waals surface area contributed by atoms with Gasteiger partial charge in [0.05, 0.1) is 0 Å². The Morgan fingerprint density at radius 3 is 2.40 bits per heavy atom. The van der Waals surface area contributed by atoms with Gasteiger partial charge in [0.2, 0.25) is 5.95 Å². The SMILES string of the molecule is Cc1cccc(S(=O)(=O)Nc2ccc(-c3cc4cnc(N[C@H]5CC[C@H](N(C)C)CC5)nc4n(C(C)C)c3=O)c(C)n2)c1F. The minimum Gasteiger partial charge on any atom is -0.351 e. The van der Waals surface area contributed by atoms with Crippen LogP contribution in [0.15, 0.2) is 52.3 Å². The number of rotatable bonds is 8. The summed E-state index contributed by atoms with van der Waals surface area (Å²) < 4.78 is 44.3. The number of anilines is 2. The highest BCUT2D eigenvalue weighted by molar-refractivity contribution is 7.92. The van der Waals surface area contributed by atoms with E-state index in [9.17, 15) is 17.6 Å². The Balaban J connectivity index is 1.45. The van der Waals surface area contributed by atoms with E-state index >= 15 is 0 Å². The molecule has 0 amide bonds. The number of hydrogen-bond donors (Lipinski definition) is 2. The molecule has 0 spiro atoms. The lowest BCUT2D eigenvalue weighted by Gasteiger charge is -2.33. The van der Waals surface area contributed by atoms with Crippen LogP contribution in [0.1, 0.15) is 56.8 Å². The standard InChI is InChI=1S/C31H38FN7O3S/c1-18(2)39-29-21(17-33-31(36-29)35-22-10-12-23(13-11-22)38(5)6)16-25(30(39)40)24-14-15-27(34-20(24)4)37-43(41,42)26-9-7-8-19(3)28(26)32/h7-9,14-18,22-23H,10-13H2,1-6H3,(H,34,37)(H,33,35,36)/t22-,23-.